The van der Waals surface area contributed by atoms with E-state index in [9.17, 15) is 4.79 Å². The standard InChI is InChI=1S/C17H19NO2/c1-3-16-15(10-17(19)18-16)13-5-4-12-9-14(20-2)7-6-11(12)8-13/h4-9,15-16H,3,10H2,1-2H3,(H,18,19). The van der Waals surface area contributed by atoms with Crippen LogP contribution >= 0.6 is 0 Å². The molecule has 1 heterocycles. The molecule has 2 aromatic rings. The van der Waals surface area contributed by atoms with Crippen LogP contribution in [-0.4, -0.2) is 19.1 Å². The summed E-state index contributed by atoms with van der Waals surface area (Å²) in [7, 11) is 1.68. The zero-order chi connectivity index (χ0) is 14.1. The zero-order valence-corrected chi connectivity index (χ0v) is 11.8. The normalized spacial score (nSPS) is 22.0. The molecule has 104 valence electrons. The Morgan fingerprint density at radius 2 is 1.95 bits per heavy atom. The number of carbonyl (C=O) groups excluding carboxylic acids is 1. The quantitative estimate of drug-likeness (QED) is 0.929. The average molecular weight is 269 g/mol. The Labute approximate surface area is 118 Å². The molecule has 2 aromatic carbocycles. The van der Waals surface area contributed by atoms with Gasteiger partial charge in [-0.1, -0.05) is 31.2 Å². The summed E-state index contributed by atoms with van der Waals surface area (Å²) in [6, 6.07) is 12.8. The van der Waals surface area contributed by atoms with E-state index >= 15 is 0 Å². The molecule has 20 heavy (non-hydrogen) atoms. The van der Waals surface area contributed by atoms with Crippen LogP contribution in [0.4, 0.5) is 0 Å². The van der Waals surface area contributed by atoms with Gasteiger partial charge in [0, 0.05) is 18.4 Å². The third kappa shape index (κ3) is 2.24. The molecule has 1 fully saturated rings. The average Bonchev–Trinajstić information content (AvgIpc) is 2.87. The summed E-state index contributed by atoms with van der Waals surface area (Å²) in [4.78, 5) is 11.6. The number of ether oxygens (including phenoxy) is 1. The molecule has 0 bridgehead atoms. The van der Waals surface area contributed by atoms with Crippen LogP contribution in [0.2, 0.25) is 0 Å². The molecule has 3 nitrogen and oxygen atoms in total. The van der Waals surface area contributed by atoms with Crippen molar-refractivity contribution in [2.75, 3.05) is 7.11 Å². The van der Waals surface area contributed by atoms with E-state index in [0.29, 0.717) is 12.3 Å². The second kappa shape index (κ2) is 5.16. The van der Waals surface area contributed by atoms with Gasteiger partial charge in [0.05, 0.1) is 7.11 Å². The number of methoxy groups -OCH3 is 1. The van der Waals surface area contributed by atoms with Crippen molar-refractivity contribution in [3.05, 3.63) is 42.0 Å². The molecular weight excluding hydrogens is 250 g/mol. The highest BCUT2D eigenvalue weighted by molar-refractivity contribution is 5.85. The van der Waals surface area contributed by atoms with Gasteiger partial charge in [-0.3, -0.25) is 4.79 Å². The van der Waals surface area contributed by atoms with Gasteiger partial charge in [0.1, 0.15) is 5.75 Å². The van der Waals surface area contributed by atoms with Gasteiger partial charge in [0.25, 0.3) is 0 Å². The summed E-state index contributed by atoms with van der Waals surface area (Å²) in [5, 5.41) is 5.42. The van der Waals surface area contributed by atoms with Crippen molar-refractivity contribution >= 4 is 16.7 Å². The predicted molar refractivity (Wildman–Crippen MR) is 80.1 cm³/mol. The summed E-state index contributed by atoms with van der Waals surface area (Å²) in [5.41, 5.74) is 1.24. The lowest BCUT2D eigenvalue weighted by Gasteiger charge is -2.18. The van der Waals surface area contributed by atoms with Crippen molar-refractivity contribution in [1.29, 1.82) is 0 Å². The lowest BCUT2D eigenvalue weighted by molar-refractivity contribution is -0.119. The van der Waals surface area contributed by atoms with E-state index < -0.39 is 0 Å². The number of fused-ring (bicyclic) bond motifs is 1. The van der Waals surface area contributed by atoms with Crippen LogP contribution in [0, 0.1) is 0 Å². The molecule has 0 spiro atoms. The molecule has 1 aliphatic rings. The fraction of sp³-hybridized carbons (Fsp3) is 0.353. The van der Waals surface area contributed by atoms with Crippen LogP contribution in [0.25, 0.3) is 10.8 Å². The monoisotopic (exact) mass is 269 g/mol. The molecule has 1 amide bonds. The van der Waals surface area contributed by atoms with Crippen molar-refractivity contribution in [3.8, 4) is 5.75 Å². The molecule has 3 rings (SSSR count). The summed E-state index contributed by atoms with van der Waals surface area (Å²) in [6.07, 6.45) is 1.57. The van der Waals surface area contributed by atoms with E-state index in [0.717, 1.165) is 12.2 Å². The minimum Gasteiger partial charge on any atom is -0.497 e. The lowest BCUT2D eigenvalue weighted by atomic mass is 9.89. The molecule has 0 aliphatic carbocycles. The maximum atomic E-state index is 11.6. The summed E-state index contributed by atoms with van der Waals surface area (Å²) < 4.78 is 5.25. The molecular formula is C17H19NO2. The van der Waals surface area contributed by atoms with Crippen LogP contribution in [0.3, 0.4) is 0 Å². The Morgan fingerprint density at radius 3 is 2.70 bits per heavy atom. The smallest absolute Gasteiger partial charge is 0.220 e. The highest BCUT2D eigenvalue weighted by Gasteiger charge is 2.32. The first-order chi connectivity index (χ1) is 9.71. The van der Waals surface area contributed by atoms with Crippen LogP contribution in [0.1, 0.15) is 31.2 Å². The van der Waals surface area contributed by atoms with Crippen molar-refractivity contribution in [2.45, 2.75) is 31.7 Å². The number of hydrogen-bond donors (Lipinski definition) is 1. The largest absolute Gasteiger partial charge is 0.497 e. The van der Waals surface area contributed by atoms with E-state index in [4.69, 9.17) is 4.74 Å². The highest BCUT2D eigenvalue weighted by Crippen LogP contribution is 2.32. The number of benzene rings is 2. The van der Waals surface area contributed by atoms with Crippen LogP contribution in [0.15, 0.2) is 36.4 Å². The Bertz CT molecular complexity index is 650. The third-order valence-electron chi connectivity index (χ3n) is 4.18. The van der Waals surface area contributed by atoms with Crippen molar-refractivity contribution in [1.82, 2.24) is 5.32 Å². The molecule has 1 N–H and O–H groups in total. The van der Waals surface area contributed by atoms with Crippen molar-refractivity contribution < 1.29 is 9.53 Å². The maximum absolute atomic E-state index is 11.6. The van der Waals surface area contributed by atoms with Crippen molar-refractivity contribution in [2.24, 2.45) is 0 Å². The number of carbonyl (C=O) groups is 1. The van der Waals surface area contributed by atoms with Crippen LogP contribution < -0.4 is 10.1 Å². The van der Waals surface area contributed by atoms with Gasteiger partial charge in [0.15, 0.2) is 0 Å². The maximum Gasteiger partial charge on any atom is 0.220 e. The second-order valence-corrected chi connectivity index (χ2v) is 5.37. The lowest BCUT2D eigenvalue weighted by Crippen LogP contribution is -2.27. The predicted octanol–water partition coefficient (Wildman–Crippen LogP) is 3.23. The number of hydrogen-bond acceptors (Lipinski definition) is 2. The van der Waals surface area contributed by atoms with Gasteiger partial charge >= 0.3 is 0 Å². The minimum atomic E-state index is 0.164. The number of amides is 1. The Hall–Kier alpha value is -2.03. The summed E-state index contributed by atoms with van der Waals surface area (Å²) in [5.74, 6) is 1.32. The molecule has 0 saturated carbocycles. The van der Waals surface area contributed by atoms with Crippen molar-refractivity contribution in [3.63, 3.8) is 0 Å². The summed E-state index contributed by atoms with van der Waals surface area (Å²) >= 11 is 0. The van der Waals surface area contributed by atoms with Gasteiger partial charge in [0.2, 0.25) is 5.91 Å². The second-order valence-electron chi connectivity index (χ2n) is 5.37. The first kappa shape index (κ1) is 13.0. The number of rotatable bonds is 3. The van der Waals surface area contributed by atoms with E-state index in [2.05, 4.69) is 36.5 Å². The fourth-order valence-corrected chi connectivity index (χ4v) is 3.04. The summed E-state index contributed by atoms with van der Waals surface area (Å²) in [6.45, 7) is 2.12. The third-order valence-corrected chi connectivity index (χ3v) is 4.18. The zero-order valence-electron chi connectivity index (χ0n) is 11.8. The molecule has 2 atom stereocenters. The molecule has 2 unspecified atom stereocenters. The molecule has 0 aromatic heterocycles. The first-order valence-corrected chi connectivity index (χ1v) is 7.08. The van der Waals surface area contributed by atoms with Crippen LogP contribution in [-0.2, 0) is 4.79 Å². The van der Waals surface area contributed by atoms with Gasteiger partial charge in [-0.15, -0.1) is 0 Å². The molecule has 0 radical (unpaired) electrons. The van der Waals surface area contributed by atoms with E-state index in [1.807, 2.05) is 12.1 Å². The molecule has 3 heteroatoms. The Balaban J connectivity index is 1.98. The van der Waals surface area contributed by atoms with Gasteiger partial charge in [-0.05, 0) is 34.9 Å². The minimum absolute atomic E-state index is 0.164. The van der Waals surface area contributed by atoms with E-state index in [1.54, 1.807) is 7.11 Å². The van der Waals surface area contributed by atoms with Gasteiger partial charge < -0.3 is 10.1 Å². The highest BCUT2D eigenvalue weighted by atomic mass is 16.5. The fourth-order valence-electron chi connectivity index (χ4n) is 3.04. The van der Waals surface area contributed by atoms with Crippen LogP contribution in [0.5, 0.6) is 5.75 Å². The Morgan fingerprint density at radius 1 is 1.20 bits per heavy atom. The molecule has 1 aliphatic heterocycles. The van der Waals surface area contributed by atoms with E-state index in [1.165, 1.54) is 16.3 Å². The van der Waals surface area contributed by atoms with Gasteiger partial charge in [-0.2, -0.15) is 0 Å². The topological polar surface area (TPSA) is 38.3 Å². The first-order valence-electron chi connectivity index (χ1n) is 7.08. The molecule has 1 saturated heterocycles. The Kier molecular flexibility index (Phi) is 3.35. The number of nitrogens with one attached hydrogen (secondary N) is 1. The van der Waals surface area contributed by atoms with Gasteiger partial charge in [-0.25, -0.2) is 0 Å². The SMILES string of the molecule is CCC1NC(=O)CC1c1ccc2cc(OC)ccc2c1. The van der Waals surface area contributed by atoms with E-state index in [-0.39, 0.29) is 11.9 Å².